The number of nitrogens with one attached hydrogen (secondary N) is 2. The molecule has 31 heavy (non-hydrogen) atoms. The van der Waals surface area contributed by atoms with Crippen molar-refractivity contribution in [2.24, 2.45) is 11.8 Å². The first kappa shape index (κ1) is 24.6. The van der Waals surface area contributed by atoms with E-state index in [1.165, 1.54) is 28.4 Å². The summed E-state index contributed by atoms with van der Waals surface area (Å²) in [5.74, 6) is 0.213. The van der Waals surface area contributed by atoms with Gasteiger partial charge in [0.1, 0.15) is 10.7 Å². The van der Waals surface area contributed by atoms with E-state index in [2.05, 4.69) is 15.6 Å². The number of aromatic nitrogens is 1. The van der Waals surface area contributed by atoms with E-state index in [-0.39, 0.29) is 24.1 Å². The number of urea groups is 1. The van der Waals surface area contributed by atoms with Gasteiger partial charge in [0.05, 0.1) is 12.1 Å². The summed E-state index contributed by atoms with van der Waals surface area (Å²) in [5.41, 5.74) is -0.219. The minimum absolute atomic E-state index is 0.159. The van der Waals surface area contributed by atoms with Crippen LogP contribution in [0.25, 0.3) is 0 Å². The van der Waals surface area contributed by atoms with E-state index in [9.17, 15) is 22.8 Å². The van der Waals surface area contributed by atoms with Crippen LogP contribution in [-0.2, 0) is 12.7 Å². The molecule has 0 unspecified atom stereocenters. The molecule has 10 heteroatoms. The van der Waals surface area contributed by atoms with Crippen LogP contribution in [0.2, 0.25) is 0 Å². The van der Waals surface area contributed by atoms with Crippen molar-refractivity contribution in [1.82, 2.24) is 15.2 Å². The molecule has 0 aliphatic rings. The van der Waals surface area contributed by atoms with Gasteiger partial charge in [-0.05, 0) is 36.1 Å². The fourth-order valence-corrected chi connectivity index (χ4v) is 3.43. The van der Waals surface area contributed by atoms with Gasteiger partial charge in [-0.3, -0.25) is 4.79 Å². The Labute approximate surface area is 183 Å². The molecule has 170 valence electrons. The maximum absolute atomic E-state index is 12.7. The average molecular weight is 457 g/mol. The number of hydrogen-bond donors (Lipinski definition) is 2. The normalized spacial score (nSPS) is 11.6. The lowest BCUT2D eigenvalue weighted by Gasteiger charge is -2.24. The third-order valence-corrected chi connectivity index (χ3v) is 4.95. The molecule has 1 aromatic heterocycles. The fourth-order valence-electron chi connectivity index (χ4n) is 2.64. The Morgan fingerprint density at radius 2 is 1.74 bits per heavy atom. The Balaban J connectivity index is 2.06. The van der Waals surface area contributed by atoms with Crippen LogP contribution in [0, 0.1) is 11.8 Å². The zero-order valence-electron chi connectivity index (χ0n) is 17.9. The van der Waals surface area contributed by atoms with Crippen LogP contribution >= 0.6 is 11.3 Å². The van der Waals surface area contributed by atoms with Crippen LogP contribution in [0.1, 0.15) is 48.8 Å². The number of hydrogen-bond acceptors (Lipinski definition) is 4. The Kier molecular flexibility index (Phi) is 8.43. The highest BCUT2D eigenvalue weighted by atomic mass is 32.1. The molecule has 0 spiro atoms. The zero-order valence-corrected chi connectivity index (χ0v) is 18.7. The van der Waals surface area contributed by atoms with E-state index < -0.39 is 17.8 Å². The summed E-state index contributed by atoms with van der Waals surface area (Å²) < 4.78 is 38.1. The van der Waals surface area contributed by atoms with Crippen molar-refractivity contribution in [2.45, 2.75) is 40.4 Å². The van der Waals surface area contributed by atoms with Crippen LogP contribution in [-0.4, -0.2) is 34.9 Å². The summed E-state index contributed by atoms with van der Waals surface area (Å²) in [5, 5.41) is 7.67. The van der Waals surface area contributed by atoms with Gasteiger partial charge in [-0.25, -0.2) is 9.78 Å². The third kappa shape index (κ3) is 7.86. The zero-order chi connectivity index (χ0) is 23.2. The van der Waals surface area contributed by atoms with E-state index in [1.807, 2.05) is 27.7 Å². The first-order valence-corrected chi connectivity index (χ1v) is 10.8. The molecule has 0 saturated carbocycles. The Bertz CT molecular complexity index is 879. The second-order valence-electron chi connectivity index (χ2n) is 8.01. The Morgan fingerprint density at radius 1 is 1.10 bits per heavy atom. The van der Waals surface area contributed by atoms with Crippen LogP contribution < -0.4 is 10.6 Å². The number of amides is 3. The average Bonchev–Trinajstić information content (AvgIpc) is 3.13. The summed E-state index contributed by atoms with van der Waals surface area (Å²) in [6.07, 6.45) is -4.43. The molecule has 6 nitrogen and oxygen atoms in total. The quantitative estimate of drug-likeness (QED) is 0.571. The summed E-state index contributed by atoms with van der Waals surface area (Å²) in [6.45, 7) is 9.03. The molecule has 0 aliphatic carbocycles. The summed E-state index contributed by atoms with van der Waals surface area (Å²) in [7, 11) is 0. The number of rotatable bonds is 8. The molecule has 0 atom stereocenters. The number of carbonyl (C=O) groups is 2. The van der Waals surface area contributed by atoms with E-state index in [1.54, 1.807) is 5.38 Å². The van der Waals surface area contributed by atoms with Gasteiger partial charge in [0, 0.05) is 24.2 Å². The smallest absolute Gasteiger partial charge is 0.350 e. The summed E-state index contributed by atoms with van der Waals surface area (Å²) >= 11 is 1.28. The second-order valence-corrected chi connectivity index (χ2v) is 8.95. The lowest BCUT2D eigenvalue weighted by molar-refractivity contribution is -0.137. The van der Waals surface area contributed by atoms with Gasteiger partial charge in [0.2, 0.25) is 0 Å². The molecule has 0 radical (unpaired) electrons. The summed E-state index contributed by atoms with van der Waals surface area (Å²) in [6, 6.07) is 3.83. The van der Waals surface area contributed by atoms with Crippen LogP contribution in [0.15, 0.2) is 29.6 Å². The molecule has 0 saturated heterocycles. The number of benzene rings is 1. The number of halogens is 3. The lowest BCUT2D eigenvalue weighted by atomic mass is 10.2. The Hall–Kier alpha value is -2.62. The van der Waals surface area contributed by atoms with Gasteiger partial charge in [-0.1, -0.05) is 27.7 Å². The molecule has 0 bridgehead atoms. The van der Waals surface area contributed by atoms with E-state index in [0.717, 1.165) is 12.1 Å². The molecule has 3 amide bonds. The van der Waals surface area contributed by atoms with Gasteiger partial charge in [-0.2, -0.15) is 13.2 Å². The minimum atomic E-state index is -4.43. The topological polar surface area (TPSA) is 74.3 Å². The molecule has 1 heterocycles. The van der Waals surface area contributed by atoms with Crippen molar-refractivity contribution in [1.29, 1.82) is 0 Å². The number of thiazole rings is 1. The molecule has 2 aromatic rings. The molecule has 2 rings (SSSR count). The van der Waals surface area contributed by atoms with Crippen molar-refractivity contribution >= 4 is 29.0 Å². The van der Waals surface area contributed by atoms with Crippen molar-refractivity contribution in [3.05, 3.63) is 45.9 Å². The first-order valence-electron chi connectivity index (χ1n) is 9.91. The van der Waals surface area contributed by atoms with Crippen molar-refractivity contribution in [3.63, 3.8) is 0 Å². The molecule has 1 aromatic carbocycles. The highest BCUT2D eigenvalue weighted by molar-refractivity contribution is 7.09. The predicted molar refractivity (Wildman–Crippen MR) is 115 cm³/mol. The van der Waals surface area contributed by atoms with Gasteiger partial charge < -0.3 is 15.5 Å². The monoisotopic (exact) mass is 456 g/mol. The summed E-state index contributed by atoms with van der Waals surface area (Å²) in [4.78, 5) is 30.7. The maximum atomic E-state index is 12.7. The molecule has 0 aliphatic heterocycles. The van der Waals surface area contributed by atoms with Crippen LogP contribution in [0.5, 0.6) is 0 Å². The van der Waals surface area contributed by atoms with Crippen molar-refractivity contribution in [2.75, 3.05) is 18.4 Å². The van der Waals surface area contributed by atoms with E-state index in [4.69, 9.17) is 0 Å². The molecular weight excluding hydrogens is 429 g/mol. The van der Waals surface area contributed by atoms with Crippen LogP contribution in [0.4, 0.5) is 23.7 Å². The van der Waals surface area contributed by atoms with Crippen molar-refractivity contribution in [3.8, 4) is 0 Å². The maximum Gasteiger partial charge on any atom is 0.416 e. The number of nitrogens with zero attached hydrogens (tertiary/aromatic N) is 2. The van der Waals surface area contributed by atoms with Gasteiger partial charge in [0.15, 0.2) is 0 Å². The SMILES string of the molecule is CC(C)CNC(=O)c1csc(CN(CC(C)C)C(=O)Nc2ccc(C(F)(F)F)cc2)n1. The highest BCUT2D eigenvalue weighted by Crippen LogP contribution is 2.30. The fraction of sp³-hybridized carbons (Fsp3) is 0.476. The van der Waals surface area contributed by atoms with Gasteiger partial charge >= 0.3 is 12.2 Å². The largest absolute Gasteiger partial charge is 0.416 e. The first-order chi connectivity index (χ1) is 14.5. The number of carbonyl (C=O) groups excluding carboxylic acids is 2. The minimum Gasteiger partial charge on any atom is -0.350 e. The highest BCUT2D eigenvalue weighted by Gasteiger charge is 2.30. The van der Waals surface area contributed by atoms with E-state index in [0.29, 0.717) is 29.7 Å². The predicted octanol–water partition coefficient (Wildman–Crippen LogP) is 5.24. The standard InChI is InChI=1S/C21H27F3N4O2S/c1-13(2)9-25-19(29)17-12-31-18(27-17)11-28(10-14(3)4)20(30)26-16-7-5-15(6-8-16)21(22,23)24/h5-8,12-14H,9-11H2,1-4H3,(H,25,29)(H,26,30). The van der Waals surface area contributed by atoms with E-state index >= 15 is 0 Å². The van der Waals surface area contributed by atoms with Gasteiger partial charge in [0.25, 0.3) is 5.91 Å². The second kappa shape index (κ2) is 10.6. The lowest BCUT2D eigenvalue weighted by Crippen LogP contribution is -2.37. The molecule has 2 N–H and O–H groups in total. The third-order valence-electron chi connectivity index (χ3n) is 4.12. The van der Waals surface area contributed by atoms with Crippen molar-refractivity contribution < 1.29 is 22.8 Å². The Morgan fingerprint density at radius 3 is 2.29 bits per heavy atom. The number of alkyl halides is 3. The van der Waals surface area contributed by atoms with Gasteiger partial charge in [-0.15, -0.1) is 11.3 Å². The molecule has 0 fully saturated rings. The van der Waals surface area contributed by atoms with Crippen LogP contribution in [0.3, 0.4) is 0 Å². The number of anilines is 1. The molecular formula is C21H27F3N4O2S.